The Kier molecular flexibility index (Phi) is 3.81. The zero-order valence-corrected chi connectivity index (χ0v) is 15.4. The summed E-state index contributed by atoms with van der Waals surface area (Å²) < 4.78 is 39.4. The molecule has 3 aliphatic rings. The van der Waals surface area contributed by atoms with Crippen LogP contribution in [-0.4, -0.2) is 22.8 Å². The first kappa shape index (κ1) is 18.4. The molecular weight excluding hydrogens is 395 g/mol. The van der Waals surface area contributed by atoms with Gasteiger partial charge in [0.05, 0.1) is 35.2 Å². The highest BCUT2D eigenvalue weighted by Gasteiger charge is 2.63. The first-order chi connectivity index (χ1) is 14.3. The molecule has 2 aromatic carbocycles. The van der Waals surface area contributed by atoms with Crippen molar-refractivity contribution in [3.63, 3.8) is 0 Å². The number of nitriles is 1. The number of carbonyl (C=O) groups excluding carboxylic acids is 2. The Hall–Kier alpha value is -3.60. The molecule has 0 N–H and O–H groups in total. The second-order valence-corrected chi connectivity index (χ2v) is 7.52. The van der Waals surface area contributed by atoms with Crippen LogP contribution in [0.1, 0.15) is 22.7 Å². The van der Waals surface area contributed by atoms with Crippen LogP contribution in [0.25, 0.3) is 6.08 Å². The molecule has 0 saturated carbocycles. The van der Waals surface area contributed by atoms with Gasteiger partial charge in [0.1, 0.15) is 6.04 Å². The average Bonchev–Trinajstić information content (AvgIpc) is 3.20. The van der Waals surface area contributed by atoms with Gasteiger partial charge in [-0.15, -0.1) is 0 Å². The van der Waals surface area contributed by atoms with Crippen molar-refractivity contribution in [3.05, 3.63) is 71.4 Å². The lowest BCUT2D eigenvalue weighted by Crippen LogP contribution is -2.40. The normalized spacial score (nSPS) is 27.0. The standard InChI is InChI=1S/C22H14F3N3O2/c23-22(24,25)13-5-3-6-14(10-13)28-20(29)17-16(11-26)27-9-8-12-4-1-2-7-15(12)19(27)18(17)21(28)30/h1-10,16-19H/t16-,17+,18-,19+/m1/s1. The van der Waals surface area contributed by atoms with E-state index in [1.54, 1.807) is 11.1 Å². The van der Waals surface area contributed by atoms with Crippen LogP contribution in [0.3, 0.4) is 0 Å². The van der Waals surface area contributed by atoms with Crippen LogP contribution in [0.4, 0.5) is 18.9 Å². The maximum Gasteiger partial charge on any atom is 0.416 e. The van der Waals surface area contributed by atoms with Gasteiger partial charge in [-0.3, -0.25) is 9.59 Å². The van der Waals surface area contributed by atoms with Gasteiger partial charge in [-0.25, -0.2) is 4.90 Å². The number of benzene rings is 2. The van der Waals surface area contributed by atoms with Crippen LogP contribution >= 0.6 is 0 Å². The number of alkyl halides is 3. The maximum absolute atomic E-state index is 13.3. The van der Waals surface area contributed by atoms with Crippen molar-refractivity contribution in [1.82, 2.24) is 4.90 Å². The highest BCUT2D eigenvalue weighted by Crippen LogP contribution is 2.53. The lowest BCUT2D eigenvalue weighted by Gasteiger charge is -2.33. The van der Waals surface area contributed by atoms with Crippen molar-refractivity contribution in [3.8, 4) is 6.07 Å². The van der Waals surface area contributed by atoms with Crippen molar-refractivity contribution in [2.24, 2.45) is 11.8 Å². The van der Waals surface area contributed by atoms with Crippen LogP contribution in [0.5, 0.6) is 0 Å². The molecule has 4 atom stereocenters. The first-order valence-electron chi connectivity index (χ1n) is 9.32. The number of amides is 2. The van der Waals surface area contributed by atoms with E-state index in [0.29, 0.717) is 0 Å². The SMILES string of the molecule is N#C[C@@H]1[C@@H]2C(=O)N(c3cccc(C(F)(F)F)c3)C(=O)[C@H]2[C@@H]2c3ccccc3C=CN12. The molecule has 5 rings (SSSR count). The van der Waals surface area contributed by atoms with Crippen LogP contribution in [0, 0.1) is 23.2 Å². The fraction of sp³-hybridized carbons (Fsp3) is 0.227. The minimum absolute atomic E-state index is 0.128. The van der Waals surface area contributed by atoms with Crippen molar-refractivity contribution < 1.29 is 22.8 Å². The first-order valence-corrected chi connectivity index (χ1v) is 9.32. The number of halogens is 3. The Labute approximate surface area is 169 Å². The van der Waals surface area contributed by atoms with Gasteiger partial charge in [0, 0.05) is 6.20 Å². The Morgan fingerprint density at radius 3 is 2.43 bits per heavy atom. The van der Waals surface area contributed by atoms with Crippen LogP contribution in [-0.2, 0) is 15.8 Å². The van der Waals surface area contributed by atoms with Crippen molar-refractivity contribution in [1.29, 1.82) is 5.26 Å². The Morgan fingerprint density at radius 1 is 0.967 bits per heavy atom. The van der Waals surface area contributed by atoms with Crippen LogP contribution in [0.15, 0.2) is 54.7 Å². The third kappa shape index (κ3) is 2.41. The number of anilines is 1. The summed E-state index contributed by atoms with van der Waals surface area (Å²) in [6.45, 7) is 0. The Morgan fingerprint density at radius 2 is 1.70 bits per heavy atom. The number of rotatable bonds is 1. The Balaban J connectivity index is 1.61. The predicted octanol–water partition coefficient (Wildman–Crippen LogP) is 3.74. The van der Waals surface area contributed by atoms with Gasteiger partial charge in [0.2, 0.25) is 11.8 Å². The molecule has 0 unspecified atom stereocenters. The second kappa shape index (κ2) is 6.20. The molecule has 2 aromatic rings. The molecule has 0 bridgehead atoms. The zero-order valence-electron chi connectivity index (χ0n) is 15.4. The molecule has 0 spiro atoms. The number of carbonyl (C=O) groups is 2. The van der Waals surface area contributed by atoms with Gasteiger partial charge < -0.3 is 4.90 Å². The number of hydrogen-bond donors (Lipinski definition) is 0. The molecule has 5 nitrogen and oxygen atoms in total. The molecule has 3 aliphatic heterocycles. The van der Waals surface area contributed by atoms with E-state index >= 15 is 0 Å². The monoisotopic (exact) mass is 409 g/mol. The molecule has 0 aromatic heterocycles. The minimum Gasteiger partial charge on any atom is -0.353 e. The summed E-state index contributed by atoms with van der Waals surface area (Å²) in [7, 11) is 0. The second-order valence-electron chi connectivity index (χ2n) is 7.52. The van der Waals surface area contributed by atoms with Gasteiger partial charge in [-0.05, 0) is 35.4 Å². The summed E-state index contributed by atoms with van der Waals surface area (Å²) in [5.41, 5.74) is 0.632. The van der Waals surface area contributed by atoms with Gasteiger partial charge in [-0.2, -0.15) is 18.4 Å². The lowest BCUT2D eigenvalue weighted by molar-refractivity contribution is -0.137. The van der Waals surface area contributed by atoms with E-state index < -0.39 is 47.5 Å². The van der Waals surface area contributed by atoms with Gasteiger partial charge >= 0.3 is 6.18 Å². The zero-order chi connectivity index (χ0) is 21.2. The van der Waals surface area contributed by atoms with Gasteiger partial charge in [0.15, 0.2) is 0 Å². The highest BCUT2D eigenvalue weighted by atomic mass is 19.4. The van der Waals surface area contributed by atoms with Gasteiger partial charge in [0.25, 0.3) is 0 Å². The number of nitrogens with zero attached hydrogens (tertiary/aromatic N) is 3. The molecule has 8 heteroatoms. The molecule has 2 fully saturated rings. The molecule has 3 heterocycles. The Bertz CT molecular complexity index is 1150. The van der Waals surface area contributed by atoms with Crippen molar-refractivity contribution in [2.75, 3.05) is 4.90 Å². The lowest BCUT2D eigenvalue weighted by atomic mass is 9.85. The number of imide groups is 1. The largest absolute Gasteiger partial charge is 0.416 e. The van der Waals surface area contributed by atoms with E-state index in [1.165, 1.54) is 12.1 Å². The highest BCUT2D eigenvalue weighted by molar-refractivity contribution is 6.23. The van der Waals surface area contributed by atoms with E-state index in [9.17, 15) is 28.0 Å². The third-order valence-electron chi connectivity index (χ3n) is 6.03. The van der Waals surface area contributed by atoms with Crippen molar-refractivity contribution >= 4 is 23.6 Å². The topological polar surface area (TPSA) is 64.4 Å². The number of hydrogen-bond acceptors (Lipinski definition) is 4. The smallest absolute Gasteiger partial charge is 0.353 e. The van der Waals surface area contributed by atoms with Gasteiger partial charge in [-0.1, -0.05) is 30.3 Å². The molecule has 2 amide bonds. The molecule has 30 heavy (non-hydrogen) atoms. The summed E-state index contributed by atoms with van der Waals surface area (Å²) in [4.78, 5) is 29.1. The van der Waals surface area contributed by atoms with E-state index in [4.69, 9.17) is 0 Å². The minimum atomic E-state index is -4.60. The predicted molar refractivity (Wildman–Crippen MR) is 100 cm³/mol. The molecule has 0 aliphatic carbocycles. The van der Waals surface area contributed by atoms with Crippen molar-refractivity contribution in [2.45, 2.75) is 18.3 Å². The van der Waals surface area contributed by atoms with Crippen LogP contribution < -0.4 is 4.90 Å². The van der Waals surface area contributed by atoms with Crippen LogP contribution in [0.2, 0.25) is 0 Å². The fourth-order valence-corrected chi connectivity index (χ4v) is 4.78. The quantitative estimate of drug-likeness (QED) is 0.673. The maximum atomic E-state index is 13.3. The fourth-order valence-electron chi connectivity index (χ4n) is 4.78. The summed E-state index contributed by atoms with van der Waals surface area (Å²) in [6, 6.07) is 12.3. The summed E-state index contributed by atoms with van der Waals surface area (Å²) in [5.74, 6) is -3.01. The summed E-state index contributed by atoms with van der Waals surface area (Å²) >= 11 is 0. The summed E-state index contributed by atoms with van der Waals surface area (Å²) in [6.07, 6.45) is -1.05. The summed E-state index contributed by atoms with van der Waals surface area (Å²) in [5, 5.41) is 9.76. The average molecular weight is 409 g/mol. The van der Waals surface area contributed by atoms with E-state index in [-0.39, 0.29) is 5.69 Å². The number of fused-ring (bicyclic) bond motifs is 5. The van der Waals surface area contributed by atoms with E-state index in [1.807, 2.05) is 30.3 Å². The van der Waals surface area contributed by atoms with E-state index in [0.717, 1.165) is 28.2 Å². The molecule has 150 valence electrons. The molecular formula is C22H14F3N3O2. The molecule has 2 saturated heterocycles. The third-order valence-corrected chi connectivity index (χ3v) is 6.03. The van der Waals surface area contributed by atoms with E-state index in [2.05, 4.69) is 6.07 Å². The molecule has 0 radical (unpaired) electrons.